The average molecular weight is 170 g/mol. The predicted octanol–water partition coefficient (Wildman–Crippen LogP) is 3.12. The number of hydrogen-bond acceptors (Lipinski definition) is 1. The third-order valence-electron chi connectivity index (χ3n) is 3.10. The maximum absolute atomic E-state index is 9.39. The van der Waals surface area contributed by atoms with Crippen LogP contribution in [0.25, 0.3) is 0 Å². The number of aliphatic hydroxyl groups excluding tert-OH is 1. The zero-order chi connectivity index (χ0) is 8.81. The lowest BCUT2D eigenvalue weighted by Gasteiger charge is -2.22. The quantitative estimate of drug-likeness (QED) is 0.687. The highest BCUT2D eigenvalue weighted by Crippen LogP contribution is 2.27. The second-order valence-electron chi connectivity index (χ2n) is 4.14. The van der Waals surface area contributed by atoms with Crippen molar-refractivity contribution in [1.82, 2.24) is 0 Å². The van der Waals surface area contributed by atoms with Gasteiger partial charge in [0, 0.05) is 0 Å². The van der Waals surface area contributed by atoms with E-state index in [-0.39, 0.29) is 6.10 Å². The van der Waals surface area contributed by atoms with E-state index in [0.29, 0.717) is 0 Å². The molecule has 0 aliphatic heterocycles. The molecule has 0 heterocycles. The fourth-order valence-electron chi connectivity index (χ4n) is 2.11. The van der Waals surface area contributed by atoms with Crippen molar-refractivity contribution < 1.29 is 5.11 Å². The monoisotopic (exact) mass is 170 g/mol. The Labute approximate surface area is 76.2 Å². The second kappa shape index (κ2) is 5.58. The number of hydrogen-bond donors (Lipinski definition) is 1. The molecule has 0 aromatic rings. The van der Waals surface area contributed by atoms with Crippen LogP contribution < -0.4 is 0 Å². The van der Waals surface area contributed by atoms with Crippen molar-refractivity contribution in [2.45, 2.75) is 64.4 Å². The molecule has 1 heteroatoms. The predicted molar refractivity (Wildman–Crippen MR) is 52.1 cm³/mol. The molecule has 1 aliphatic rings. The Morgan fingerprint density at radius 1 is 1.25 bits per heavy atom. The van der Waals surface area contributed by atoms with Crippen LogP contribution in [0.4, 0.5) is 0 Å². The van der Waals surface area contributed by atoms with Crippen LogP contribution in [-0.4, -0.2) is 11.2 Å². The van der Waals surface area contributed by atoms with E-state index < -0.39 is 0 Å². The molecule has 0 radical (unpaired) electrons. The van der Waals surface area contributed by atoms with Crippen LogP contribution in [-0.2, 0) is 0 Å². The minimum absolute atomic E-state index is 0.0353. The highest BCUT2D eigenvalue weighted by molar-refractivity contribution is 4.67. The Morgan fingerprint density at radius 3 is 2.50 bits per heavy atom. The first kappa shape index (κ1) is 10.0. The van der Waals surface area contributed by atoms with E-state index in [0.717, 1.165) is 18.8 Å². The highest BCUT2D eigenvalue weighted by Gasteiger charge is 2.14. The molecule has 1 saturated carbocycles. The van der Waals surface area contributed by atoms with Crippen molar-refractivity contribution in [2.24, 2.45) is 5.92 Å². The Morgan fingerprint density at radius 2 is 1.92 bits per heavy atom. The van der Waals surface area contributed by atoms with Gasteiger partial charge in [0.25, 0.3) is 0 Å². The SMILES string of the molecule is CC[C@@H](O)CCC1CCCCC1. The topological polar surface area (TPSA) is 20.2 Å². The number of rotatable bonds is 4. The standard InChI is InChI=1S/C11H22O/c1-2-11(12)9-8-10-6-4-3-5-7-10/h10-12H,2-9H2,1H3/t11-/m1/s1. The van der Waals surface area contributed by atoms with Crippen LogP contribution in [0.1, 0.15) is 58.3 Å². The van der Waals surface area contributed by atoms with Crippen molar-refractivity contribution in [3.63, 3.8) is 0 Å². The first-order valence-electron chi connectivity index (χ1n) is 5.51. The summed E-state index contributed by atoms with van der Waals surface area (Å²) in [7, 11) is 0. The van der Waals surface area contributed by atoms with E-state index in [1.165, 1.54) is 38.5 Å². The molecule has 1 rings (SSSR count). The third-order valence-corrected chi connectivity index (χ3v) is 3.10. The molecule has 0 aromatic heterocycles. The lowest BCUT2D eigenvalue weighted by atomic mass is 9.85. The second-order valence-corrected chi connectivity index (χ2v) is 4.14. The van der Waals surface area contributed by atoms with Gasteiger partial charge in [-0.15, -0.1) is 0 Å². The van der Waals surface area contributed by atoms with E-state index in [1.54, 1.807) is 0 Å². The first-order valence-corrected chi connectivity index (χ1v) is 5.51. The summed E-state index contributed by atoms with van der Waals surface area (Å²) in [6.07, 6.45) is 10.3. The van der Waals surface area contributed by atoms with Crippen molar-refractivity contribution in [2.75, 3.05) is 0 Å². The van der Waals surface area contributed by atoms with Gasteiger partial charge in [0.05, 0.1) is 6.10 Å². The molecule has 1 atom stereocenters. The van der Waals surface area contributed by atoms with E-state index in [4.69, 9.17) is 0 Å². The molecule has 1 nitrogen and oxygen atoms in total. The summed E-state index contributed by atoms with van der Waals surface area (Å²) in [4.78, 5) is 0. The average Bonchev–Trinajstić information content (AvgIpc) is 2.16. The van der Waals surface area contributed by atoms with Crippen LogP contribution in [0.5, 0.6) is 0 Å². The summed E-state index contributed by atoms with van der Waals surface area (Å²) < 4.78 is 0. The lowest BCUT2D eigenvalue weighted by molar-refractivity contribution is 0.145. The van der Waals surface area contributed by atoms with E-state index in [2.05, 4.69) is 6.92 Å². The van der Waals surface area contributed by atoms with Crippen molar-refractivity contribution >= 4 is 0 Å². The fourth-order valence-corrected chi connectivity index (χ4v) is 2.11. The minimum Gasteiger partial charge on any atom is -0.393 e. The summed E-state index contributed by atoms with van der Waals surface area (Å²) in [6, 6.07) is 0. The van der Waals surface area contributed by atoms with Gasteiger partial charge in [0.15, 0.2) is 0 Å². The number of aliphatic hydroxyl groups is 1. The summed E-state index contributed by atoms with van der Waals surface area (Å²) >= 11 is 0. The van der Waals surface area contributed by atoms with E-state index in [1.807, 2.05) is 0 Å². The highest BCUT2D eigenvalue weighted by atomic mass is 16.3. The Balaban J connectivity index is 2.05. The smallest absolute Gasteiger partial charge is 0.0537 e. The summed E-state index contributed by atoms with van der Waals surface area (Å²) in [5.74, 6) is 0.931. The van der Waals surface area contributed by atoms with Gasteiger partial charge in [-0.25, -0.2) is 0 Å². The van der Waals surface area contributed by atoms with Crippen molar-refractivity contribution in [3.05, 3.63) is 0 Å². The van der Waals surface area contributed by atoms with Crippen LogP contribution in [0.15, 0.2) is 0 Å². The van der Waals surface area contributed by atoms with E-state index in [9.17, 15) is 5.11 Å². The van der Waals surface area contributed by atoms with Crippen LogP contribution in [0.2, 0.25) is 0 Å². The molecule has 0 unspecified atom stereocenters. The molecular weight excluding hydrogens is 148 g/mol. The van der Waals surface area contributed by atoms with Gasteiger partial charge in [0.2, 0.25) is 0 Å². The maximum atomic E-state index is 9.39. The van der Waals surface area contributed by atoms with Crippen LogP contribution >= 0.6 is 0 Å². The molecule has 0 aromatic carbocycles. The maximum Gasteiger partial charge on any atom is 0.0537 e. The van der Waals surface area contributed by atoms with Crippen molar-refractivity contribution in [1.29, 1.82) is 0 Å². The van der Waals surface area contributed by atoms with Crippen LogP contribution in [0, 0.1) is 5.92 Å². The van der Waals surface area contributed by atoms with Gasteiger partial charge >= 0.3 is 0 Å². The van der Waals surface area contributed by atoms with Crippen LogP contribution in [0.3, 0.4) is 0 Å². The zero-order valence-electron chi connectivity index (χ0n) is 8.26. The molecular formula is C11H22O. The van der Waals surface area contributed by atoms with Gasteiger partial charge in [-0.3, -0.25) is 0 Å². The molecule has 0 saturated heterocycles. The Bertz CT molecular complexity index is 106. The molecule has 1 fully saturated rings. The molecule has 0 amide bonds. The first-order chi connectivity index (χ1) is 5.83. The largest absolute Gasteiger partial charge is 0.393 e. The van der Waals surface area contributed by atoms with Crippen molar-refractivity contribution in [3.8, 4) is 0 Å². The van der Waals surface area contributed by atoms with Gasteiger partial charge in [-0.2, -0.15) is 0 Å². The summed E-state index contributed by atoms with van der Waals surface area (Å²) in [5.41, 5.74) is 0. The summed E-state index contributed by atoms with van der Waals surface area (Å²) in [6.45, 7) is 2.06. The Kier molecular flexibility index (Phi) is 4.67. The normalized spacial score (nSPS) is 22.5. The van der Waals surface area contributed by atoms with Gasteiger partial charge in [-0.1, -0.05) is 39.0 Å². The van der Waals surface area contributed by atoms with E-state index >= 15 is 0 Å². The Hall–Kier alpha value is -0.0400. The fraction of sp³-hybridized carbons (Fsp3) is 1.00. The lowest BCUT2D eigenvalue weighted by Crippen LogP contribution is -2.11. The molecule has 0 bridgehead atoms. The molecule has 0 spiro atoms. The van der Waals surface area contributed by atoms with Gasteiger partial charge in [-0.05, 0) is 25.2 Å². The van der Waals surface area contributed by atoms with Gasteiger partial charge in [0.1, 0.15) is 0 Å². The molecule has 1 aliphatic carbocycles. The van der Waals surface area contributed by atoms with Gasteiger partial charge < -0.3 is 5.11 Å². The minimum atomic E-state index is -0.0353. The molecule has 12 heavy (non-hydrogen) atoms. The molecule has 72 valence electrons. The molecule has 1 N–H and O–H groups in total. The third kappa shape index (κ3) is 3.57. The zero-order valence-corrected chi connectivity index (χ0v) is 8.26. The summed E-state index contributed by atoms with van der Waals surface area (Å²) in [5, 5.41) is 9.39.